The van der Waals surface area contributed by atoms with E-state index >= 15 is 0 Å². The Kier molecular flexibility index (Phi) is 4.95. The van der Waals surface area contributed by atoms with E-state index in [-0.39, 0.29) is 7.92 Å². The van der Waals surface area contributed by atoms with Gasteiger partial charge >= 0.3 is 83.5 Å². The molecule has 14 heavy (non-hydrogen) atoms. The van der Waals surface area contributed by atoms with E-state index in [0.717, 1.165) is 19.4 Å². The van der Waals surface area contributed by atoms with Crippen LogP contribution in [-0.4, -0.2) is 23.7 Å². The van der Waals surface area contributed by atoms with Gasteiger partial charge in [0, 0.05) is 0 Å². The molecule has 5 heteroatoms. The average molecular weight is 215 g/mol. The molecule has 0 saturated carbocycles. The summed E-state index contributed by atoms with van der Waals surface area (Å²) in [7, 11) is -0.0493. The van der Waals surface area contributed by atoms with E-state index in [4.69, 9.17) is 5.11 Å². The van der Waals surface area contributed by atoms with Crippen LogP contribution in [0.15, 0.2) is 0 Å². The molecule has 1 heterocycles. The van der Waals surface area contributed by atoms with E-state index in [1.54, 1.807) is 0 Å². The molecule has 0 amide bonds. The van der Waals surface area contributed by atoms with Crippen molar-refractivity contribution in [2.75, 3.05) is 6.54 Å². The van der Waals surface area contributed by atoms with Crippen molar-refractivity contribution >= 4 is 13.9 Å². The van der Waals surface area contributed by atoms with Crippen LogP contribution in [-0.2, 0) is 9.36 Å². The minimum absolute atomic E-state index is 0.0493. The minimum atomic E-state index is -0.774. The zero-order valence-electron chi connectivity index (χ0n) is 7.90. The quantitative estimate of drug-likeness (QED) is 0.699. The van der Waals surface area contributed by atoms with E-state index in [1.807, 2.05) is 0 Å². The molecule has 0 aromatic heterocycles. The van der Waals surface area contributed by atoms with E-state index in [9.17, 15) is 9.36 Å². The van der Waals surface area contributed by atoms with Gasteiger partial charge in [0.2, 0.25) is 0 Å². The maximum absolute atomic E-state index is 10.7. The van der Waals surface area contributed by atoms with Crippen LogP contribution < -0.4 is 5.32 Å². The Balaban J connectivity index is 2.34. The van der Waals surface area contributed by atoms with Crippen LogP contribution in [0.5, 0.6) is 0 Å². The average Bonchev–Trinajstić information content (AvgIpc) is 2.19. The summed E-state index contributed by atoms with van der Waals surface area (Å²) in [5.74, 6) is -0.351. The number of hydrogen-bond acceptors (Lipinski definition) is 3. The summed E-state index contributed by atoms with van der Waals surface area (Å²) in [4.78, 5) is 10.7. The van der Waals surface area contributed by atoms with Crippen LogP contribution in [0, 0.1) is 11.5 Å². The van der Waals surface area contributed by atoms with Crippen LogP contribution >= 0.6 is 7.92 Å². The molecule has 1 rings (SSSR count). The summed E-state index contributed by atoms with van der Waals surface area (Å²) < 4.78 is 10.1. The van der Waals surface area contributed by atoms with E-state index in [0.29, 0.717) is 18.8 Å². The molecule has 0 radical (unpaired) electrons. The van der Waals surface area contributed by atoms with Crippen LogP contribution in [0.3, 0.4) is 0 Å². The number of hydrogen-bond donors (Lipinski definition) is 2. The Morgan fingerprint density at radius 3 is 3.07 bits per heavy atom. The molecule has 0 spiro atoms. The molecule has 78 valence electrons. The molecule has 1 aliphatic heterocycles. The van der Waals surface area contributed by atoms with Crippen molar-refractivity contribution in [3.8, 4) is 5.63 Å². The SMILES string of the molecule is O=P#CCC[C@H]1CCN[C@@H](C(=O)O)C1. The molecule has 0 bridgehead atoms. The molecular weight excluding hydrogens is 201 g/mol. The first-order valence-electron chi connectivity index (χ1n) is 4.75. The molecule has 1 saturated heterocycles. The van der Waals surface area contributed by atoms with Gasteiger partial charge in [-0.2, -0.15) is 0 Å². The molecule has 1 fully saturated rings. The van der Waals surface area contributed by atoms with Crippen LogP contribution in [0.2, 0.25) is 0 Å². The summed E-state index contributed by atoms with van der Waals surface area (Å²) in [5, 5.41) is 11.8. The number of nitrogens with one attached hydrogen (secondary N) is 1. The molecule has 0 aromatic carbocycles. The Labute approximate surface area is 84.2 Å². The Morgan fingerprint density at radius 1 is 1.64 bits per heavy atom. The van der Waals surface area contributed by atoms with Gasteiger partial charge in [-0.05, 0) is 0 Å². The molecular formula is C9H14NO3P. The number of aliphatic carboxylic acids is 1. The molecule has 1 aliphatic rings. The van der Waals surface area contributed by atoms with Crippen molar-refractivity contribution < 1.29 is 14.5 Å². The van der Waals surface area contributed by atoms with Crippen LogP contribution in [0.1, 0.15) is 25.7 Å². The third kappa shape index (κ3) is 3.67. The van der Waals surface area contributed by atoms with Gasteiger partial charge in [0.05, 0.1) is 0 Å². The Hall–Kier alpha value is -0.560. The topological polar surface area (TPSA) is 66.4 Å². The van der Waals surface area contributed by atoms with Crippen LogP contribution in [0.4, 0.5) is 0 Å². The number of carboxylic acid groups (broad SMARTS) is 1. The molecule has 0 aromatic rings. The van der Waals surface area contributed by atoms with Gasteiger partial charge in [-0.3, -0.25) is 0 Å². The predicted octanol–water partition coefficient (Wildman–Crippen LogP) is 1.47. The van der Waals surface area contributed by atoms with Crippen molar-refractivity contribution in [1.82, 2.24) is 5.32 Å². The third-order valence-corrected chi connectivity index (χ3v) is 2.89. The maximum atomic E-state index is 10.7. The zero-order valence-corrected chi connectivity index (χ0v) is 8.80. The fraction of sp³-hybridized carbons (Fsp3) is 0.778. The summed E-state index contributed by atoms with van der Waals surface area (Å²) in [5.41, 5.74) is 2.69. The second-order valence-corrected chi connectivity index (χ2v) is 4.02. The van der Waals surface area contributed by atoms with Crippen molar-refractivity contribution in [1.29, 1.82) is 0 Å². The summed E-state index contributed by atoms with van der Waals surface area (Å²) in [6.07, 6.45) is 3.25. The molecule has 0 aliphatic carbocycles. The second-order valence-electron chi connectivity index (χ2n) is 3.52. The summed E-state index contributed by atoms with van der Waals surface area (Å²) in [6.45, 7) is 0.761. The number of rotatable bonds is 3. The first-order chi connectivity index (χ1) is 6.74. The number of carbonyl (C=O) groups is 1. The molecule has 2 atom stereocenters. The van der Waals surface area contributed by atoms with Gasteiger partial charge < -0.3 is 0 Å². The molecule has 0 unspecified atom stereocenters. The normalized spacial score (nSPS) is 26.6. The van der Waals surface area contributed by atoms with Crippen molar-refractivity contribution in [3.63, 3.8) is 0 Å². The van der Waals surface area contributed by atoms with Crippen molar-refractivity contribution in [2.24, 2.45) is 5.92 Å². The molecule has 2 N–H and O–H groups in total. The summed E-state index contributed by atoms with van der Waals surface area (Å²) >= 11 is 0. The van der Waals surface area contributed by atoms with E-state index < -0.39 is 12.0 Å². The van der Waals surface area contributed by atoms with Crippen molar-refractivity contribution in [3.05, 3.63) is 0 Å². The fourth-order valence-corrected chi connectivity index (χ4v) is 1.98. The van der Waals surface area contributed by atoms with E-state index in [2.05, 4.69) is 10.9 Å². The van der Waals surface area contributed by atoms with E-state index in [1.165, 1.54) is 0 Å². The predicted molar refractivity (Wildman–Crippen MR) is 52.9 cm³/mol. The van der Waals surface area contributed by atoms with Gasteiger partial charge in [-0.15, -0.1) is 0 Å². The molecule has 4 nitrogen and oxygen atoms in total. The zero-order chi connectivity index (χ0) is 10.4. The standard InChI is InChI=1S/C9H14NO3P/c11-9(12)8-6-7(3-4-10-8)2-1-5-14-13/h7-8,10H,1-4,6H2,(H,11,12)/t7-,8+/m0/s1. The second kappa shape index (κ2) is 6.02. The van der Waals surface area contributed by atoms with Gasteiger partial charge in [0.25, 0.3) is 0 Å². The van der Waals surface area contributed by atoms with Crippen molar-refractivity contribution in [2.45, 2.75) is 31.7 Å². The third-order valence-electron chi connectivity index (χ3n) is 2.54. The number of carboxylic acids is 1. The van der Waals surface area contributed by atoms with Gasteiger partial charge in [0.1, 0.15) is 0 Å². The van der Waals surface area contributed by atoms with Gasteiger partial charge in [-0.25, -0.2) is 0 Å². The first kappa shape index (κ1) is 11.5. The van der Waals surface area contributed by atoms with Gasteiger partial charge in [0.15, 0.2) is 0 Å². The summed E-state index contributed by atoms with van der Waals surface area (Å²) in [6, 6.07) is -0.404. The first-order valence-corrected chi connectivity index (χ1v) is 5.56. The fourth-order valence-electron chi connectivity index (χ4n) is 1.76. The van der Waals surface area contributed by atoms with Gasteiger partial charge in [-0.1, -0.05) is 0 Å². The monoisotopic (exact) mass is 215 g/mol. The van der Waals surface area contributed by atoms with Crippen LogP contribution in [0.25, 0.3) is 0 Å². The Bertz CT molecular complexity index is 298. The Morgan fingerprint density at radius 2 is 2.43 bits per heavy atom. The number of piperidine rings is 1.